The van der Waals surface area contributed by atoms with E-state index < -0.39 is 0 Å². The normalized spacial score (nSPS) is 15.7. The molecule has 1 aliphatic carbocycles. The maximum atomic E-state index is 13.1. The second-order valence-corrected chi connectivity index (χ2v) is 8.25. The highest BCUT2D eigenvalue weighted by atomic mass is 79.9. The van der Waals surface area contributed by atoms with Crippen molar-refractivity contribution in [3.8, 4) is 11.5 Å². The summed E-state index contributed by atoms with van der Waals surface area (Å²) < 4.78 is 25.8. The summed E-state index contributed by atoms with van der Waals surface area (Å²) in [7, 11) is 1.65. The van der Waals surface area contributed by atoms with Crippen LogP contribution in [0, 0.1) is 5.82 Å². The fourth-order valence-corrected chi connectivity index (χ4v) is 4.16. The van der Waals surface area contributed by atoms with Gasteiger partial charge in [0.25, 0.3) is 0 Å². The van der Waals surface area contributed by atoms with E-state index in [9.17, 15) is 4.39 Å². The van der Waals surface area contributed by atoms with E-state index in [2.05, 4.69) is 21.2 Å². The Morgan fingerprint density at radius 2 is 1.68 bits per heavy atom. The number of hydrogen-bond acceptors (Lipinski definition) is 3. The van der Waals surface area contributed by atoms with Crippen molar-refractivity contribution in [2.45, 2.75) is 64.1 Å². The van der Waals surface area contributed by atoms with Crippen LogP contribution in [0.1, 0.15) is 56.1 Å². The summed E-state index contributed by atoms with van der Waals surface area (Å²) in [4.78, 5) is 0. The molecule has 2 aromatic rings. The van der Waals surface area contributed by atoms with Crippen molar-refractivity contribution in [3.05, 3.63) is 57.8 Å². The van der Waals surface area contributed by atoms with Crippen LogP contribution in [0.25, 0.3) is 0 Å². The Morgan fingerprint density at radius 1 is 1.00 bits per heavy atom. The first-order valence-electron chi connectivity index (χ1n) is 10.1. The van der Waals surface area contributed by atoms with E-state index in [1.807, 2.05) is 12.1 Å². The number of ether oxygens (including phenoxy) is 2. The molecule has 1 fully saturated rings. The molecule has 28 heavy (non-hydrogen) atoms. The van der Waals surface area contributed by atoms with Crippen LogP contribution in [-0.2, 0) is 13.2 Å². The third-order valence-electron chi connectivity index (χ3n) is 5.36. The minimum Gasteiger partial charge on any atom is -0.493 e. The molecule has 5 heteroatoms. The lowest BCUT2D eigenvalue weighted by Gasteiger charge is -2.23. The summed E-state index contributed by atoms with van der Waals surface area (Å²) in [6.45, 7) is 1.09. The quantitative estimate of drug-likeness (QED) is 0.531. The standard InChI is InChI=1S/C23H29BrFNO2/c1-27-22-14-13-21(24)20(15-26-19-7-5-3-2-4-6-8-19)23(22)28-16-17-9-11-18(25)12-10-17/h9-14,19,26H,2-8,15-16H2,1H3. The van der Waals surface area contributed by atoms with Gasteiger partial charge in [0.1, 0.15) is 12.4 Å². The highest BCUT2D eigenvalue weighted by Crippen LogP contribution is 2.37. The minimum atomic E-state index is -0.243. The van der Waals surface area contributed by atoms with E-state index in [0.717, 1.165) is 27.9 Å². The molecule has 0 saturated heterocycles. The molecule has 0 radical (unpaired) electrons. The Kier molecular flexibility index (Phi) is 8.16. The Morgan fingerprint density at radius 3 is 2.36 bits per heavy atom. The van der Waals surface area contributed by atoms with E-state index in [4.69, 9.17) is 9.47 Å². The van der Waals surface area contributed by atoms with Crippen molar-refractivity contribution in [1.29, 1.82) is 0 Å². The van der Waals surface area contributed by atoms with Crippen LogP contribution in [0.2, 0.25) is 0 Å². The van der Waals surface area contributed by atoms with Gasteiger partial charge >= 0.3 is 0 Å². The number of rotatable bonds is 7. The summed E-state index contributed by atoms with van der Waals surface area (Å²) >= 11 is 3.67. The predicted molar refractivity (Wildman–Crippen MR) is 114 cm³/mol. The summed E-state index contributed by atoms with van der Waals surface area (Å²) in [5.41, 5.74) is 1.98. The van der Waals surface area contributed by atoms with Gasteiger partial charge in [-0.15, -0.1) is 0 Å². The smallest absolute Gasteiger partial charge is 0.167 e. The van der Waals surface area contributed by atoms with Gasteiger partial charge in [-0.1, -0.05) is 60.2 Å². The zero-order valence-corrected chi connectivity index (χ0v) is 18.1. The monoisotopic (exact) mass is 449 g/mol. The van der Waals surface area contributed by atoms with Gasteiger partial charge in [-0.2, -0.15) is 0 Å². The lowest BCUT2D eigenvalue weighted by molar-refractivity contribution is 0.279. The first-order valence-corrected chi connectivity index (χ1v) is 10.9. The average molecular weight is 450 g/mol. The number of hydrogen-bond donors (Lipinski definition) is 1. The second-order valence-electron chi connectivity index (χ2n) is 7.40. The largest absolute Gasteiger partial charge is 0.493 e. The molecular formula is C23H29BrFNO2. The molecule has 0 bridgehead atoms. The molecule has 1 saturated carbocycles. The maximum Gasteiger partial charge on any atom is 0.167 e. The number of halogens is 2. The van der Waals surface area contributed by atoms with Gasteiger partial charge in [-0.3, -0.25) is 0 Å². The zero-order valence-electron chi connectivity index (χ0n) is 16.5. The van der Waals surface area contributed by atoms with Crippen molar-refractivity contribution in [1.82, 2.24) is 5.32 Å². The molecule has 1 N–H and O–H groups in total. The van der Waals surface area contributed by atoms with Gasteiger partial charge in [0.05, 0.1) is 7.11 Å². The molecule has 2 aromatic carbocycles. The highest BCUT2D eigenvalue weighted by molar-refractivity contribution is 9.10. The molecule has 0 unspecified atom stereocenters. The molecule has 0 amide bonds. The van der Waals surface area contributed by atoms with Crippen LogP contribution in [0.3, 0.4) is 0 Å². The lowest BCUT2D eigenvalue weighted by Crippen LogP contribution is -2.29. The molecule has 0 heterocycles. The van der Waals surface area contributed by atoms with E-state index >= 15 is 0 Å². The number of nitrogens with one attached hydrogen (secondary N) is 1. The van der Waals surface area contributed by atoms with Crippen LogP contribution in [0.4, 0.5) is 4.39 Å². The van der Waals surface area contributed by atoms with Gasteiger partial charge in [-0.05, 0) is 42.7 Å². The number of benzene rings is 2. The molecule has 3 rings (SSSR count). The molecular weight excluding hydrogens is 421 g/mol. The van der Waals surface area contributed by atoms with E-state index in [0.29, 0.717) is 18.4 Å². The fourth-order valence-electron chi connectivity index (χ4n) is 3.71. The molecule has 0 aromatic heterocycles. The van der Waals surface area contributed by atoms with E-state index in [1.165, 1.54) is 57.1 Å². The zero-order chi connectivity index (χ0) is 19.8. The molecule has 3 nitrogen and oxygen atoms in total. The van der Waals surface area contributed by atoms with Crippen LogP contribution >= 0.6 is 15.9 Å². The molecule has 1 aliphatic rings. The van der Waals surface area contributed by atoms with Crippen LogP contribution < -0.4 is 14.8 Å². The summed E-state index contributed by atoms with van der Waals surface area (Å²) in [6, 6.07) is 10.8. The van der Waals surface area contributed by atoms with Crippen molar-refractivity contribution in [3.63, 3.8) is 0 Å². The van der Waals surface area contributed by atoms with Crippen LogP contribution in [-0.4, -0.2) is 13.2 Å². The van der Waals surface area contributed by atoms with Gasteiger partial charge in [0, 0.05) is 22.6 Å². The van der Waals surface area contributed by atoms with E-state index in [1.54, 1.807) is 19.2 Å². The van der Waals surface area contributed by atoms with Gasteiger partial charge in [0.15, 0.2) is 11.5 Å². The minimum absolute atomic E-state index is 0.243. The van der Waals surface area contributed by atoms with Crippen LogP contribution in [0.5, 0.6) is 11.5 Å². The Bertz CT molecular complexity index is 743. The summed E-state index contributed by atoms with van der Waals surface area (Å²) in [5, 5.41) is 3.73. The van der Waals surface area contributed by atoms with Crippen molar-refractivity contribution >= 4 is 15.9 Å². The summed E-state index contributed by atoms with van der Waals surface area (Å²) in [6.07, 6.45) is 9.10. The van der Waals surface area contributed by atoms with Gasteiger partial charge < -0.3 is 14.8 Å². The molecule has 0 atom stereocenters. The Balaban J connectivity index is 1.72. The number of methoxy groups -OCH3 is 1. The topological polar surface area (TPSA) is 30.5 Å². The first kappa shape index (κ1) is 21.1. The Hall–Kier alpha value is -1.59. The molecule has 0 aliphatic heterocycles. The SMILES string of the molecule is COc1ccc(Br)c(CNC2CCCCCCC2)c1OCc1ccc(F)cc1. The van der Waals surface area contributed by atoms with Crippen molar-refractivity contribution in [2.75, 3.05) is 7.11 Å². The summed E-state index contributed by atoms with van der Waals surface area (Å²) in [5.74, 6) is 1.20. The molecule has 0 spiro atoms. The Labute approximate surface area is 175 Å². The van der Waals surface area contributed by atoms with Gasteiger partial charge in [0.2, 0.25) is 0 Å². The second kappa shape index (κ2) is 10.8. The van der Waals surface area contributed by atoms with Crippen LogP contribution in [0.15, 0.2) is 40.9 Å². The maximum absolute atomic E-state index is 13.1. The fraction of sp³-hybridized carbons (Fsp3) is 0.478. The third kappa shape index (κ3) is 5.95. The predicted octanol–water partition coefficient (Wildman–Crippen LogP) is 6.38. The van der Waals surface area contributed by atoms with Crippen molar-refractivity contribution < 1.29 is 13.9 Å². The molecule has 152 valence electrons. The lowest BCUT2D eigenvalue weighted by atomic mass is 9.96. The third-order valence-corrected chi connectivity index (χ3v) is 6.10. The average Bonchev–Trinajstić information content (AvgIpc) is 2.68. The van der Waals surface area contributed by atoms with Gasteiger partial charge in [-0.25, -0.2) is 4.39 Å². The first-order chi connectivity index (χ1) is 13.7. The van der Waals surface area contributed by atoms with Crippen molar-refractivity contribution in [2.24, 2.45) is 0 Å². The highest BCUT2D eigenvalue weighted by Gasteiger charge is 2.17. The van der Waals surface area contributed by atoms with E-state index in [-0.39, 0.29) is 5.82 Å².